The monoisotopic (exact) mass is 276 g/mol. The molecule has 1 saturated heterocycles. The third-order valence-corrected chi connectivity index (χ3v) is 4.73. The second kappa shape index (κ2) is 5.52. The van der Waals surface area contributed by atoms with Gasteiger partial charge >= 0.3 is 0 Å². The van der Waals surface area contributed by atoms with E-state index >= 15 is 0 Å². The van der Waals surface area contributed by atoms with Gasteiger partial charge in [-0.25, -0.2) is 4.39 Å². The normalized spacial score (nSPS) is 29.0. The Bertz CT molecular complexity index is 517. The fourth-order valence-electron chi connectivity index (χ4n) is 3.53. The maximum absolute atomic E-state index is 13.3. The van der Waals surface area contributed by atoms with Crippen LogP contribution in [0.25, 0.3) is 0 Å². The number of amides is 1. The Morgan fingerprint density at radius 2 is 2.10 bits per heavy atom. The van der Waals surface area contributed by atoms with Crippen LogP contribution < -0.4 is 10.6 Å². The van der Waals surface area contributed by atoms with Crippen molar-refractivity contribution in [2.45, 2.75) is 32.2 Å². The molecule has 1 amide bonds. The molecule has 2 aliphatic rings. The summed E-state index contributed by atoms with van der Waals surface area (Å²) in [5, 5.41) is 6.51. The second-order valence-corrected chi connectivity index (χ2v) is 6.12. The molecule has 3 rings (SSSR count). The largest absolute Gasteiger partial charge is 0.349 e. The summed E-state index contributed by atoms with van der Waals surface area (Å²) in [7, 11) is 0. The summed E-state index contributed by atoms with van der Waals surface area (Å²) in [6.45, 7) is 4.02. The van der Waals surface area contributed by atoms with Crippen LogP contribution in [-0.2, 0) is 0 Å². The summed E-state index contributed by atoms with van der Waals surface area (Å²) >= 11 is 0. The lowest BCUT2D eigenvalue weighted by Gasteiger charge is -2.31. The zero-order chi connectivity index (χ0) is 14.1. The highest BCUT2D eigenvalue weighted by Crippen LogP contribution is 2.32. The molecule has 0 spiro atoms. The number of hydrogen-bond acceptors (Lipinski definition) is 2. The van der Waals surface area contributed by atoms with E-state index in [4.69, 9.17) is 0 Å². The molecule has 0 bridgehead atoms. The maximum Gasteiger partial charge on any atom is 0.251 e. The Labute approximate surface area is 118 Å². The molecular formula is C16H21FN2O. The van der Waals surface area contributed by atoms with Crippen LogP contribution in [0.2, 0.25) is 0 Å². The van der Waals surface area contributed by atoms with Gasteiger partial charge in [0.2, 0.25) is 0 Å². The average Bonchev–Trinajstić information content (AvgIpc) is 2.89. The molecular weight excluding hydrogens is 255 g/mol. The standard InChI is InChI=1S/C16H21FN2O/c1-10-2-4-13(17)7-15(10)16(20)19-14-5-3-11-8-18-9-12(11)6-14/h2,4,7,11-12,14,18H,3,5-6,8-9H2,1H3,(H,19,20)/t11-,12+,14?/m0/s1. The van der Waals surface area contributed by atoms with E-state index in [2.05, 4.69) is 10.6 Å². The number of aryl methyl sites for hydroxylation is 1. The Morgan fingerprint density at radius 1 is 1.30 bits per heavy atom. The van der Waals surface area contributed by atoms with Crippen molar-refractivity contribution in [2.75, 3.05) is 13.1 Å². The van der Waals surface area contributed by atoms with E-state index in [0.717, 1.165) is 37.4 Å². The molecule has 20 heavy (non-hydrogen) atoms. The summed E-state index contributed by atoms with van der Waals surface area (Å²) in [4.78, 5) is 12.3. The zero-order valence-electron chi connectivity index (χ0n) is 11.8. The third-order valence-electron chi connectivity index (χ3n) is 4.73. The zero-order valence-corrected chi connectivity index (χ0v) is 11.8. The molecule has 1 heterocycles. The van der Waals surface area contributed by atoms with Crippen LogP contribution in [0.3, 0.4) is 0 Å². The fourth-order valence-corrected chi connectivity index (χ4v) is 3.53. The molecule has 2 N–H and O–H groups in total. The van der Waals surface area contributed by atoms with Crippen LogP contribution in [0, 0.1) is 24.6 Å². The molecule has 1 unspecified atom stereocenters. The first-order chi connectivity index (χ1) is 9.63. The van der Waals surface area contributed by atoms with Crippen LogP contribution in [0.4, 0.5) is 4.39 Å². The van der Waals surface area contributed by atoms with Crippen LogP contribution in [-0.4, -0.2) is 25.0 Å². The summed E-state index contributed by atoms with van der Waals surface area (Å²) < 4.78 is 13.3. The predicted octanol–water partition coefficient (Wildman–Crippen LogP) is 2.25. The van der Waals surface area contributed by atoms with Crippen molar-refractivity contribution < 1.29 is 9.18 Å². The number of benzene rings is 1. The van der Waals surface area contributed by atoms with E-state index < -0.39 is 0 Å². The van der Waals surface area contributed by atoms with Crippen LogP contribution >= 0.6 is 0 Å². The first kappa shape index (κ1) is 13.6. The first-order valence-corrected chi connectivity index (χ1v) is 7.41. The van der Waals surface area contributed by atoms with Crippen LogP contribution in [0.1, 0.15) is 35.2 Å². The Kier molecular flexibility index (Phi) is 3.74. The summed E-state index contributed by atoms with van der Waals surface area (Å²) in [5.74, 6) is 0.961. The molecule has 4 heteroatoms. The van der Waals surface area contributed by atoms with Gasteiger partial charge in [0.25, 0.3) is 5.91 Å². The molecule has 1 aromatic rings. The van der Waals surface area contributed by atoms with Crippen molar-refractivity contribution >= 4 is 5.91 Å². The van der Waals surface area contributed by atoms with Gasteiger partial charge in [-0.1, -0.05) is 6.07 Å². The average molecular weight is 276 g/mol. The smallest absolute Gasteiger partial charge is 0.251 e. The number of fused-ring (bicyclic) bond motifs is 1. The number of carbonyl (C=O) groups excluding carboxylic acids is 1. The van der Waals surface area contributed by atoms with Gasteiger partial charge in [0.05, 0.1) is 0 Å². The molecule has 2 fully saturated rings. The minimum atomic E-state index is -0.357. The molecule has 1 aliphatic heterocycles. The SMILES string of the molecule is Cc1ccc(F)cc1C(=O)NC1CC[C@H]2CNC[C@H]2C1. The predicted molar refractivity (Wildman–Crippen MR) is 76.1 cm³/mol. The quantitative estimate of drug-likeness (QED) is 0.870. The highest BCUT2D eigenvalue weighted by Gasteiger charge is 2.34. The van der Waals surface area contributed by atoms with E-state index in [9.17, 15) is 9.18 Å². The van der Waals surface area contributed by atoms with Gasteiger partial charge in [-0.2, -0.15) is 0 Å². The van der Waals surface area contributed by atoms with Crippen molar-refractivity contribution in [3.05, 3.63) is 35.1 Å². The summed E-state index contributed by atoms with van der Waals surface area (Å²) in [6, 6.07) is 4.60. The molecule has 1 aliphatic carbocycles. The van der Waals surface area contributed by atoms with E-state index in [0.29, 0.717) is 11.5 Å². The topological polar surface area (TPSA) is 41.1 Å². The van der Waals surface area contributed by atoms with Crippen molar-refractivity contribution in [3.8, 4) is 0 Å². The number of rotatable bonds is 2. The highest BCUT2D eigenvalue weighted by atomic mass is 19.1. The Hall–Kier alpha value is -1.42. The molecule has 108 valence electrons. The molecule has 3 nitrogen and oxygen atoms in total. The van der Waals surface area contributed by atoms with Gasteiger partial charge in [0.1, 0.15) is 5.82 Å². The molecule has 0 radical (unpaired) electrons. The first-order valence-electron chi connectivity index (χ1n) is 7.41. The molecule has 1 saturated carbocycles. The minimum absolute atomic E-state index is 0.142. The van der Waals surface area contributed by atoms with E-state index in [-0.39, 0.29) is 17.8 Å². The highest BCUT2D eigenvalue weighted by molar-refractivity contribution is 5.95. The van der Waals surface area contributed by atoms with Crippen molar-refractivity contribution in [3.63, 3.8) is 0 Å². The van der Waals surface area contributed by atoms with Gasteiger partial charge in [-0.05, 0) is 68.8 Å². The molecule has 3 atom stereocenters. The second-order valence-electron chi connectivity index (χ2n) is 6.12. The van der Waals surface area contributed by atoms with E-state index in [1.807, 2.05) is 6.92 Å². The molecule has 1 aromatic carbocycles. The lowest BCUT2D eigenvalue weighted by atomic mass is 9.79. The maximum atomic E-state index is 13.3. The van der Waals surface area contributed by atoms with E-state index in [1.54, 1.807) is 6.07 Å². The number of carbonyl (C=O) groups is 1. The number of halogens is 1. The van der Waals surface area contributed by atoms with Crippen LogP contribution in [0.15, 0.2) is 18.2 Å². The van der Waals surface area contributed by atoms with Crippen molar-refractivity contribution in [2.24, 2.45) is 11.8 Å². The molecule has 0 aromatic heterocycles. The van der Waals surface area contributed by atoms with Crippen molar-refractivity contribution in [1.82, 2.24) is 10.6 Å². The van der Waals surface area contributed by atoms with Crippen LogP contribution in [0.5, 0.6) is 0 Å². The lowest BCUT2D eigenvalue weighted by molar-refractivity contribution is 0.0912. The minimum Gasteiger partial charge on any atom is -0.349 e. The van der Waals surface area contributed by atoms with Gasteiger partial charge in [0.15, 0.2) is 0 Å². The van der Waals surface area contributed by atoms with Gasteiger partial charge in [-0.3, -0.25) is 4.79 Å². The number of nitrogens with one attached hydrogen (secondary N) is 2. The lowest BCUT2D eigenvalue weighted by Crippen LogP contribution is -2.40. The van der Waals surface area contributed by atoms with E-state index in [1.165, 1.54) is 18.6 Å². The summed E-state index contributed by atoms with van der Waals surface area (Å²) in [6.07, 6.45) is 3.24. The number of hydrogen-bond donors (Lipinski definition) is 2. The fraction of sp³-hybridized carbons (Fsp3) is 0.562. The summed E-state index contributed by atoms with van der Waals surface area (Å²) in [5.41, 5.74) is 1.27. The van der Waals surface area contributed by atoms with Gasteiger partial charge in [-0.15, -0.1) is 0 Å². The van der Waals surface area contributed by atoms with Crippen molar-refractivity contribution in [1.29, 1.82) is 0 Å². The Balaban J connectivity index is 1.65. The third kappa shape index (κ3) is 2.70. The Morgan fingerprint density at radius 3 is 2.95 bits per heavy atom. The van der Waals surface area contributed by atoms with Gasteiger partial charge < -0.3 is 10.6 Å². The van der Waals surface area contributed by atoms with Gasteiger partial charge in [0, 0.05) is 11.6 Å².